The summed E-state index contributed by atoms with van der Waals surface area (Å²) in [5.41, 5.74) is 0.271. The molecule has 7 heteroatoms. The van der Waals surface area contributed by atoms with Crippen LogP contribution < -0.4 is 9.47 Å². The quantitative estimate of drug-likeness (QED) is 0.638. The summed E-state index contributed by atoms with van der Waals surface area (Å²) in [7, 11) is 2.65. The number of ether oxygens (including phenoxy) is 3. The number of ketones is 1. The van der Waals surface area contributed by atoms with Crippen LogP contribution in [0.5, 0.6) is 17.2 Å². The maximum atomic E-state index is 12.9. The van der Waals surface area contributed by atoms with Crippen molar-refractivity contribution in [3.8, 4) is 17.2 Å². The Balaban J connectivity index is 2.18. The Labute approximate surface area is 143 Å². The molecule has 0 bridgehead atoms. The molecule has 25 heavy (non-hydrogen) atoms. The Bertz CT molecular complexity index is 760. The lowest BCUT2D eigenvalue weighted by Crippen LogP contribution is -2.24. The Morgan fingerprint density at radius 3 is 2.00 bits per heavy atom. The van der Waals surface area contributed by atoms with Crippen LogP contribution in [0.1, 0.15) is 27.6 Å². The van der Waals surface area contributed by atoms with Crippen LogP contribution in [0.4, 0.5) is 4.39 Å². The van der Waals surface area contributed by atoms with Crippen molar-refractivity contribution in [2.24, 2.45) is 0 Å². The smallest absolute Gasteiger partial charge is 0.339 e. The minimum atomic E-state index is -1.08. The predicted molar refractivity (Wildman–Crippen MR) is 86.8 cm³/mol. The fraction of sp³-hybridized carbons (Fsp3) is 0.222. The zero-order chi connectivity index (χ0) is 18.6. The fourth-order valence-electron chi connectivity index (χ4n) is 2.14. The number of phenols is 1. The molecule has 1 unspecified atom stereocenters. The van der Waals surface area contributed by atoms with Gasteiger partial charge in [0.25, 0.3) is 0 Å². The van der Waals surface area contributed by atoms with Crippen molar-refractivity contribution in [3.63, 3.8) is 0 Å². The molecule has 0 aliphatic heterocycles. The van der Waals surface area contributed by atoms with Gasteiger partial charge in [-0.3, -0.25) is 4.79 Å². The Hall–Kier alpha value is -3.09. The Morgan fingerprint density at radius 2 is 1.52 bits per heavy atom. The topological polar surface area (TPSA) is 82.1 Å². The summed E-state index contributed by atoms with van der Waals surface area (Å²) in [5, 5.41) is 9.85. The van der Waals surface area contributed by atoms with Crippen molar-refractivity contribution in [3.05, 3.63) is 53.3 Å². The van der Waals surface area contributed by atoms with E-state index in [9.17, 15) is 19.1 Å². The van der Waals surface area contributed by atoms with Crippen LogP contribution in [0.15, 0.2) is 36.4 Å². The van der Waals surface area contributed by atoms with Crippen LogP contribution in [0.25, 0.3) is 0 Å². The Kier molecular flexibility index (Phi) is 5.59. The minimum absolute atomic E-state index is 0.0313. The van der Waals surface area contributed by atoms with E-state index in [2.05, 4.69) is 0 Å². The van der Waals surface area contributed by atoms with Crippen LogP contribution in [0.3, 0.4) is 0 Å². The first-order valence-electron chi connectivity index (χ1n) is 7.33. The highest BCUT2D eigenvalue weighted by Gasteiger charge is 2.22. The van der Waals surface area contributed by atoms with E-state index >= 15 is 0 Å². The maximum Gasteiger partial charge on any atom is 0.339 e. The van der Waals surface area contributed by atoms with E-state index in [4.69, 9.17) is 14.2 Å². The molecular formula is C18H17FO6. The number of carbonyl (C=O) groups is 2. The number of esters is 1. The van der Waals surface area contributed by atoms with Gasteiger partial charge in [0.2, 0.25) is 11.5 Å². The molecule has 0 saturated heterocycles. The van der Waals surface area contributed by atoms with Crippen molar-refractivity contribution in [2.45, 2.75) is 13.0 Å². The van der Waals surface area contributed by atoms with Crippen molar-refractivity contribution in [1.29, 1.82) is 0 Å². The first kappa shape index (κ1) is 18.3. The molecule has 0 fully saturated rings. The summed E-state index contributed by atoms with van der Waals surface area (Å²) in [4.78, 5) is 24.5. The molecule has 0 spiro atoms. The van der Waals surface area contributed by atoms with Crippen molar-refractivity contribution in [1.82, 2.24) is 0 Å². The molecule has 1 N–H and O–H groups in total. The summed E-state index contributed by atoms with van der Waals surface area (Å²) >= 11 is 0. The number of benzene rings is 2. The standard InChI is InChI=1S/C18H17FO6/c1-10(16(20)11-4-6-13(19)7-5-11)25-18(22)12-8-14(23-2)17(21)15(9-12)24-3/h4-10,21H,1-3H3. The third-order valence-electron chi connectivity index (χ3n) is 3.50. The number of aromatic hydroxyl groups is 1. The number of phenolic OH excluding ortho intramolecular Hbond substituents is 1. The largest absolute Gasteiger partial charge is 0.502 e. The molecule has 1 atom stereocenters. The lowest BCUT2D eigenvalue weighted by Gasteiger charge is -2.14. The van der Waals surface area contributed by atoms with Crippen LogP contribution in [-0.2, 0) is 4.74 Å². The number of carbonyl (C=O) groups excluding carboxylic acids is 2. The molecule has 0 heterocycles. The van der Waals surface area contributed by atoms with E-state index in [0.717, 1.165) is 12.1 Å². The molecule has 0 amide bonds. The predicted octanol–water partition coefficient (Wildman–Crippen LogP) is 2.98. The van der Waals surface area contributed by atoms with Crippen LogP contribution in [0, 0.1) is 5.82 Å². The van der Waals surface area contributed by atoms with Gasteiger partial charge in [0.15, 0.2) is 17.6 Å². The average molecular weight is 348 g/mol. The molecule has 0 aliphatic carbocycles. The fourth-order valence-corrected chi connectivity index (χ4v) is 2.14. The summed E-state index contributed by atoms with van der Waals surface area (Å²) < 4.78 is 28.0. The normalized spacial score (nSPS) is 11.5. The van der Waals surface area contributed by atoms with Gasteiger partial charge >= 0.3 is 5.97 Å². The first-order chi connectivity index (χ1) is 11.9. The Morgan fingerprint density at radius 1 is 1.00 bits per heavy atom. The maximum absolute atomic E-state index is 12.9. The molecule has 2 aromatic rings. The van der Waals surface area contributed by atoms with Gasteiger partial charge in [-0.25, -0.2) is 9.18 Å². The van der Waals surface area contributed by atoms with E-state index in [-0.39, 0.29) is 28.4 Å². The SMILES string of the molecule is COc1cc(C(=O)OC(C)C(=O)c2ccc(F)cc2)cc(OC)c1O. The van der Waals surface area contributed by atoms with Gasteiger partial charge in [-0.15, -0.1) is 0 Å². The van der Waals surface area contributed by atoms with E-state index in [1.54, 1.807) is 0 Å². The lowest BCUT2D eigenvalue weighted by molar-refractivity contribution is 0.0318. The summed E-state index contributed by atoms with van der Waals surface area (Å²) in [6, 6.07) is 7.47. The molecule has 2 aromatic carbocycles. The lowest BCUT2D eigenvalue weighted by atomic mass is 10.1. The van der Waals surface area contributed by atoms with Crippen molar-refractivity contribution in [2.75, 3.05) is 14.2 Å². The zero-order valence-corrected chi connectivity index (χ0v) is 13.9. The number of Topliss-reactive ketones (excluding diaryl/α,β-unsaturated/α-hetero) is 1. The van der Waals surface area contributed by atoms with Crippen molar-refractivity contribution >= 4 is 11.8 Å². The number of methoxy groups -OCH3 is 2. The van der Waals surface area contributed by atoms with Crippen LogP contribution >= 0.6 is 0 Å². The van der Waals surface area contributed by atoms with E-state index in [1.165, 1.54) is 45.4 Å². The van der Waals surface area contributed by atoms with E-state index in [0.29, 0.717) is 0 Å². The highest BCUT2D eigenvalue weighted by molar-refractivity contribution is 6.01. The molecule has 0 aliphatic rings. The molecule has 6 nitrogen and oxygen atoms in total. The van der Waals surface area contributed by atoms with Crippen LogP contribution in [0.2, 0.25) is 0 Å². The third-order valence-corrected chi connectivity index (χ3v) is 3.50. The van der Waals surface area contributed by atoms with Gasteiger partial charge in [0, 0.05) is 5.56 Å². The second kappa shape index (κ2) is 7.65. The molecular weight excluding hydrogens is 331 g/mol. The van der Waals surface area contributed by atoms with E-state index < -0.39 is 23.7 Å². The second-order valence-corrected chi connectivity index (χ2v) is 5.15. The number of hydrogen-bond donors (Lipinski definition) is 1. The summed E-state index contributed by atoms with van der Waals surface area (Å²) in [6.07, 6.45) is -1.08. The summed E-state index contributed by atoms with van der Waals surface area (Å²) in [6.45, 7) is 1.42. The minimum Gasteiger partial charge on any atom is -0.502 e. The monoisotopic (exact) mass is 348 g/mol. The van der Waals surface area contributed by atoms with Crippen molar-refractivity contribution < 1.29 is 33.3 Å². The molecule has 2 rings (SSSR count). The highest BCUT2D eigenvalue weighted by atomic mass is 19.1. The summed E-state index contributed by atoms with van der Waals surface area (Å²) in [5.74, 6) is -1.92. The zero-order valence-electron chi connectivity index (χ0n) is 13.9. The van der Waals surface area contributed by atoms with Gasteiger partial charge in [-0.05, 0) is 43.3 Å². The molecule has 0 saturated carbocycles. The van der Waals surface area contributed by atoms with Gasteiger partial charge in [-0.2, -0.15) is 0 Å². The average Bonchev–Trinajstić information content (AvgIpc) is 2.61. The van der Waals surface area contributed by atoms with Gasteiger partial charge < -0.3 is 19.3 Å². The van der Waals surface area contributed by atoms with E-state index in [1.807, 2.05) is 0 Å². The van der Waals surface area contributed by atoms with Gasteiger partial charge in [-0.1, -0.05) is 0 Å². The van der Waals surface area contributed by atoms with Gasteiger partial charge in [0.05, 0.1) is 19.8 Å². The molecule has 0 radical (unpaired) electrons. The molecule has 132 valence electrons. The first-order valence-corrected chi connectivity index (χ1v) is 7.33. The number of hydrogen-bond acceptors (Lipinski definition) is 6. The third kappa shape index (κ3) is 4.06. The van der Waals surface area contributed by atoms with Crippen LogP contribution in [-0.4, -0.2) is 37.2 Å². The van der Waals surface area contributed by atoms with Gasteiger partial charge in [0.1, 0.15) is 5.82 Å². The number of rotatable bonds is 6. The molecule has 0 aromatic heterocycles. The highest BCUT2D eigenvalue weighted by Crippen LogP contribution is 2.37. The second-order valence-electron chi connectivity index (χ2n) is 5.15. The number of halogens is 1.